The zero-order valence-corrected chi connectivity index (χ0v) is 24.6. The molecule has 2 nitrogen and oxygen atoms in total. The van der Waals surface area contributed by atoms with E-state index in [1.807, 2.05) is 6.07 Å². The van der Waals surface area contributed by atoms with Gasteiger partial charge in [-0.3, -0.25) is 0 Å². The summed E-state index contributed by atoms with van der Waals surface area (Å²) in [6.45, 7) is 0. The fourth-order valence-corrected chi connectivity index (χ4v) is 8.39. The Morgan fingerprint density at radius 2 is 1.18 bits per heavy atom. The molecule has 0 saturated carbocycles. The quantitative estimate of drug-likeness (QED) is 0.226. The molecular weight excluding hydrogens is 546 g/mol. The molecule has 1 aliphatic heterocycles. The van der Waals surface area contributed by atoms with Crippen LogP contribution in [0.2, 0.25) is 0 Å². The van der Waals surface area contributed by atoms with Crippen LogP contribution < -0.4 is 10.1 Å². The zero-order chi connectivity index (χ0) is 29.5. The summed E-state index contributed by atoms with van der Waals surface area (Å²) < 4.78 is 6.17. The van der Waals surface area contributed by atoms with E-state index < -0.39 is 0 Å². The first-order valence-corrected chi connectivity index (χ1v) is 15.8. The van der Waals surface area contributed by atoms with Crippen LogP contribution in [0.1, 0.15) is 39.3 Å². The number of rotatable bonds is 3. The van der Waals surface area contributed by atoms with Crippen molar-refractivity contribution < 1.29 is 4.74 Å². The van der Waals surface area contributed by atoms with Crippen molar-refractivity contribution in [2.75, 3.05) is 5.32 Å². The number of nitrogens with one attached hydrogen (secondary N) is 1. The Bertz CT molecular complexity index is 2190. The number of allylic oxidation sites excluding steroid dienone is 2. The van der Waals surface area contributed by atoms with Crippen LogP contribution in [0.15, 0.2) is 158 Å². The molecule has 0 saturated heterocycles. The minimum atomic E-state index is -0.332. The van der Waals surface area contributed by atoms with E-state index >= 15 is 0 Å². The maximum absolute atomic E-state index is 6.17. The van der Waals surface area contributed by atoms with Gasteiger partial charge in [-0.15, -0.1) is 0 Å². The largest absolute Gasteiger partial charge is 0.485 e. The molecule has 2 atom stereocenters. The standard InChI is InChI=1S/C43H29NO/c1-5-14-35-30(10-1)31-11-2-6-15-36(31)43(35)37-16-7-3-13-33(37)42-38(43)17-9-18-39(42)44-29-23-20-27(21-24-29)28-22-25-41-34(26-28)32-12-4-8-19-40(32)45-41/h1-26,34,41,44H. The Labute approximate surface area is 263 Å². The van der Waals surface area contributed by atoms with Gasteiger partial charge in [0.2, 0.25) is 0 Å². The first kappa shape index (κ1) is 24.8. The van der Waals surface area contributed by atoms with E-state index in [2.05, 4.69) is 157 Å². The second kappa shape index (κ2) is 9.20. The summed E-state index contributed by atoms with van der Waals surface area (Å²) in [4.78, 5) is 0. The topological polar surface area (TPSA) is 21.3 Å². The molecule has 0 radical (unpaired) electrons. The average molecular weight is 576 g/mol. The molecule has 10 rings (SSSR count). The fourth-order valence-electron chi connectivity index (χ4n) is 8.39. The van der Waals surface area contributed by atoms with Crippen molar-refractivity contribution in [1.82, 2.24) is 0 Å². The van der Waals surface area contributed by atoms with Gasteiger partial charge in [0.25, 0.3) is 0 Å². The summed E-state index contributed by atoms with van der Waals surface area (Å²) in [5.74, 6) is 1.25. The molecule has 2 heteroatoms. The van der Waals surface area contributed by atoms with Crippen LogP contribution in [0, 0.1) is 0 Å². The summed E-state index contributed by atoms with van der Waals surface area (Å²) in [5, 5.41) is 3.82. The summed E-state index contributed by atoms with van der Waals surface area (Å²) in [6, 6.07) is 50.9. The molecule has 0 fully saturated rings. The number of hydrogen-bond donors (Lipinski definition) is 1. The van der Waals surface area contributed by atoms with Crippen molar-refractivity contribution in [2.24, 2.45) is 0 Å². The van der Waals surface area contributed by atoms with E-state index in [0.29, 0.717) is 0 Å². The van der Waals surface area contributed by atoms with Gasteiger partial charge in [0.1, 0.15) is 11.9 Å². The third-order valence-electron chi connectivity index (χ3n) is 10.2. The second-order valence-corrected chi connectivity index (χ2v) is 12.4. The fraction of sp³-hybridized carbons (Fsp3) is 0.0698. The van der Waals surface area contributed by atoms with Crippen molar-refractivity contribution in [1.29, 1.82) is 0 Å². The highest BCUT2D eigenvalue weighted by Gasteiger charge is 2.51. The third-order valence-corrected chi connectivity index (χ3v) is 10.2. The molecule has 4 aliphatic rings. The molecule has 0 aromatic heterocycles. The lowest BCUT2D eigenvalue weighted by Gasteiger charge is -2.30. The number of para-hydroxylation sites is 1. The van der Waals surface area contributed by atoms with Crippen LogP contribution in [-0.4, -0.2) is 6.10 Å². The molecule has 6 aromatic rings. The van der Waals surface area contributed by atoms with Crippen LogP contribution in [0.5, 0.6) is 5.75 Å². The monoisotopic (exact) mass is 575 g/mol. The predicted octanol–water partition coefficient (Wildman–Crippen LogP) is 10.3. The molecule has 1 heterocycles. The van der Waals surface area contributed by atoms with Gasteiger partial charge in [-0.1, -0.05) is 127 Å². The molecule has 1 spiro atoms. The van der Waals surface area contributed by atoms with Crippen LogP contribution in [0.25, 0.3) is 27.8 Å². The van der Waals surface area contributed by atoms with Crippen molar-refractivity contribution in [3.63, 3.8) is 0 Å². The number of benzene rings is 6. The Morgan fingerprint density at radius 1 is 0.556 bits per heavy atom. The number of anilines is 2. The zero-order valence-electron chi connectivity index (χ0n) is 24.6. The minimum absolute atomic E-state index is 0.0808. The van der Waals surface area contributed by atoms with E-state index in [-0.39, 0.29) is 17.4 Å². The molecular formula is C43H29NO. The van der Waals surface area contributed by atoms with Crippen molar-refractivity contribution in [3.05, 3.63) is 191 Å². The summed E-state index contributed by atoms with van der Waals surface area (Å²) in [6.07, 6.45) is 6.84. The lowest BCUT2D eigenvalue weighted by molar-refractivity contribution is 0.269. The van der Waals surface area contributed by atoms with E-state index in [1.165, 1.54) is 61.2 Å². The highest BCUT2D eigenvalue weighted by Crippen LogP contribution is 2.63. The van der Waals surface area contributed by atoms with Gasteiger partial charge in [0, 0.05) is 28.4 Å². The molecule has 0 amide bonds. The van der Waals surface area contributed by atoms with E-state index in [4.69, 9.17) is 4.74 Å². The lowest BCUT2D eigenvalue weighted by atomic mass is 9.70. The van der Waals surface area contributed by atoms with Crippen LogP contribution in [-0.2, 0) is 5.41 Å². The summed E-state index contributed by atoms with van der Waals surface area (Å²) >= 11 is 0. The highest BCUT2D eigenvalue weighted by atomic mass is 16.5. The second-order valence-electron chi connectivity index (χ2n) is 12.4. The van der Waals surface area contributed by atoms with Gasteiger partial charge < -0.3 is 10.1 Å². The molecule has 1 N–H and O–H groups in total. The van der Waals surface area contributed by atoms with Gasteiger partial charge in [-0.25, -0.2) is 0 Å². The first-order valence-electron chi connectivity index (χ1n) is 15.8. The predicted molar refractivity (Wildman–Crippen MR) is 183 cm³/mol. The molecule has 6 aromatic carbocycles. The Balaban J connectivity index is 1.05. The maximum Gasteiger partial charge on any atom is 0.128 e. The molecule has 0 bridgehead atoms. The molecule has 45 heavy (non-hydrogen) atoms. The Hall–Kier alpha value is -5.60. The smallest absolute Gasteiger partial charge is 0.128 e. The average Bonchev–Trinajstić information content (AvgIpc) is 3.73. The first-order chi connectivity index (χ1) is 22.3. The Kier molecular flexibility index (Phi) is 5.07. The number of ether oxygens (including phenoxy) is 1. The Morgan fingerprint density at radius 3 is 1.93 bits per heavy atom. The summed E-state index contributed by atoms with van der Waals surface area (Å²) in [7, 11) is 0. The number of fused-ring (bicyclic) bond motifs is 13. The normalized spacial score (nSPS) is 18.6. The van der Waals surface area contributed by atoms with Gasteiger partial charge in [-0.2, -0.15) is 0 Å². The number of hydrogen-bond acceptors (Lipinski definition) is 2. The SMILES string of the molecule is C1=CC2Oc3ccccc3C2C=C1c1ccc(Nc2cccc3c2-c2ccccc2C32c3ccccc3-c3ccccc32)cc1. The van der Waals surface area contributed by atoms with Gasteiger partial charge in [-0.05, 0) is 80.4 Å². The van der Waals surface area contributed by atoms with E-state index in [0.717, 1.165) is 17.1 Å². The van der Waals surface area contributed by atoms with Crippen LogP contribution in [0.3, 0.4) is 0 Å². The van der Waals surface area contributed by atoms with Crippen LogP contribution >= 0.6 is 0 Å². The lowest BCUT2D eigenvalue weighted by Crippen LogP contribution is -2.25. The third kappa shape index (κ3) is 3.34. The summed E-state index contributed by atoms with van der Waals surface area (Å²) in [5.41, 5.74) is 16.3. The van der Waals surface area contributed by atoms with Crippen molar-refractivity contribution >= 4 is 16.9 Å². The van der Waals surface area contributed by atoms with Crippen LogP contribution in [0.4, 0.5) is 11.4 Å². The highest BCUT2D eigenvalue weighted by molar-refractivity contribution is 5.99. The molecule has 3 aliphatic carbocycles. The maximum atomic E-state index is 6.17. The molecule has 2 unspecified atom stereocenters. The molecule has 212 valence electrons. The van der Waals surface area contributed by atoms with Crippen molar-refractivity contribution in [2.45, 2.75) is 17.4 Å². The van der Waals surface area contributed by atoms with Gasteiger partial charge in [0.15, 0.2) is 0 Å². The van der Waals surface area contributed by atoms with Gasteiger partial charge >= 0.3 is 0 Å². The van der Waals surface area contributed by atoms with E-state index in [9.17, 15) is 0 Å². The van der Waals surface area contributed by atoms with E-state index in [1.54, 1.807) is 0 Å². The minimum Gasteiger partial charge on any atom is -0.485 e. The van der Waals surface area contributed by atoms with Crippen molar-refractivity contribution in [3.8, 4) is 28.0 Å². The van der Waals surface area contributed by atoms with Gasteiger partial charge in [0.05, 0.1) is 5.41 Å².